The van der Waals surface area contributed by atoms with Crippen LogP contribution in [0.25, 0.3) is 0 Å². The van der Waals surface area contributed by atoms with E-state index in [0.29, 0.717) is 5.95 Å². The van der Waals surface area contributed by atoms with Crippen LogP contribution in [-0.2, 0) is 6.42 Å². The Balaban J connectivity index is 1.79. The molecule has 0 bridgehead atoms. The summed E-state index contributed by atoms with van der Waals surface area (Å²) in [6.45, 7) is 2.70. The van der Waals surface area contributed by atoms with Crippen molar-refractivity contribution in [2.75, 3.05) is 51.5 Å². The van der Waals surface area contributed by atoms with E-state index in [0.717, 1.165) is 44.0 Å². The molecule has 0 aliphatic rings. The average molecular weight is 329 g/mol. The summed E-state index contributed by atoms with van der Waals surface area (Å²) in [5.41, 5.74) is 1.18. The second kappa shape index (κ2) is 9.72. The average Bonchev–Trinajstić information content (AvgIpc) is 2.59. The zero-order valence-corrected chi connectivity index (χ0v) is 14.7. The molecule has 0 aliphatic heterocycles. The van der Waals surface area contributed by atoms with E-state index in [4.69, 9.17) is 4.74 Å². The standard InChI is InChI=1S/C18H27N5O/c1-23(2)14-6-11-20-18-21-13-10-17(22-18)19-12-9-15-7-4-5-8-16(15)24-3/h4-5,7-8,10,13H,6,9,11-12,14H2,1-3H3,(H2,19,20,21,22). The van der Waals surface area contributed by atoms with Gasteiger partial charge in [-0.1, -0.05) is 18.2 Å². The SMILES string of the molecule is COc1ccccc1CCNc1ccnc(NCCCN(C)C)n1. The van der Waals surface area contributed by atoms with Crippen molar-refractivity contribution in [1.29, 1.82) is 0 Å². The third-order valence-electron chi connectivity index (χ3n) is 3.61. The molecule has 0 unspecified atom stereocenters. The predicted molar refractivity (Wildman–Crippen MR) is 98.9 cm³/mol. The van der Waals surface area contributed by atoms with Gasteiger partial charge in [-0.3, -0.25) is 0 Å². The largest absolute Gasteiger partial charge is 0.496 e. The number of hydrogen-bond donors (Lipinski definition) is 2. The molecular weight excluding hydrogens is 302 g/mol. The number of methoxy groups -OCH3 is 1. The maximum absolute atomic E-state index is 5.37. The van der Waals surface area contributed by atoms with E-state index in [1.165, 1.54) is 5.56 Å². The minimum atomic E-state index is 0.663. The van der Waals surface area contributed by atoms with E-state index in [1.807, 2.05) is 24.3 Å². The van der Waals surface area contributed by atoms with Crippen molar-refractivity contribution in [1.82, 2.24) is 14.9 Å². The van der Waals surface area contributed by atoms with Gasteiger partial charge in [0.1, 0.15) is 11.6 Å². The van der Waals surface area contributed by atoms with Gasteiger partial charge >= 0.3 is 0 Å². The fraction of sp³-hybridized carbons (Fsp3) is 0.444. The zero-order chi connectivity index (χ0) is 17.2. The lowest BCUT2D eigenvalue weighted by Gasteiger charge is -2.11. The number of ether oxygens (including phenoxy) is 1. The fourth-order valence-corrected chi connectivity index (χ4v) is 2.37. The molecule has 130 valence electrons. The molecule has 1 aromatic carbocycles. The van der Waals surface area contributed by atoms with Crippen molar-refractivity contribution in [2.45, 2.75) is 12.8 Å². The molecule has 0 saturated heterocycles. The molecule has 6 heteroatoms. The highest BCUT2D eigenvalue weighted by Crippen LogP contribution is 2.17. The number of rotatable bonds is 10. The molecular formula is C18H27N5O. The van der Waals surface area contributed by atoms with Crippen LogP contribution in [0.4, 0.5) is 11.8 Å². The first-order valence-corrected chi connectivity index (χ1v) is 8.26. The molecule has 0 saturated carbocycles. The van der Waals surface area contributed by atoms with E-state index in [2.05, 4.69) is 45.7 Å². The highest BCUT2D eigenvalue weighted by Gasteiger charge is 2.02. The van der Waals surface area contributed by atoms with Crippen molar-refractivity contribution < 1.29 is 4.74 Å². The fourth-order valence-electron chi connectivity index (χ4n) is 2.37. The monoisotopic (exact) mass is 329 g/mol. The summed E-state index contributed by atoms with van der Waals surface area (Å²) < 4.78 is 5.37. The molecule has 2 rings (SSSR count). The molecule has 2 aromatic rings. The number of aromatic nitrogens is 2. The van der Waals surface area contributed by atoms with Gasteiger partial charge in [-0.2, -0.15) is 4.98 Å². The summed E-state index contributed by atoms with van der Waals surface area (Å²) in [7, 11) is 5.84. The molecule has 0 amide bonds. The van der Waals surface area contributed by atoms with Crippen LogP contribution in [0.1, 0.15) is 12.0 Å². The van der Waals surface area contributed by atoms with Gasteiger partial charge in [0.05, 0.1) is 7.11 Å². The number of nitrogens with one attached hydrogen (secondary N) is 2. The molecule has 2 N–H and O–H groups in total. The smallest absolute Gasteiger partial charge is 0.224 e. The Labute approximate surface area is 144 Å². The zero-order valence-electron chi connectivity index (χ0n) is 14.7. The van der Waals surface area contributed by atoms with Gasteiger partial charge in [0.2, 0.25) is 5.95 Å². The molecule has 6 nitrogen and oxygen atoms in total. The quantitative estimate of drug-likeness (QED) is 0.653. The highest BCUT2D eigenvalue weighted by atomic mass is 16.5. The summed E-state index contributed by atoms with van der Waals surface area (Å²) in [5.74, 6) is 2.41. The predicted octanol–water partition coefficient (Wildman–Crippen LogP) is 2.50. The number of anilines is 2. The van der Waals surface area contributed by atoms with Crippen LogP contribution in [0.2, 0.25) is 0 Å². The minimum Gasteiger partial charge on any atom is -0.496 e. The van der Waals surface area contributed by atoms with E-state index >= 15 is 0 Å². The Morgan fingerprint density at radius 1 is 1.08 bits per heavy atom. The normalized spacial score (nSPS) is 10.7. The molecule has 1 aromatic heterocycles. The van der Waals surface area contributed by atoms with Crippen molar-refractivity contribution in [2.24, 2.45) is 0 Å². The van der Waals surface area contributed by atoms with Gasteiger partial charge < -0.3 is 20.3 Å². The van der Waals surface area contributed by atoms with E-state index in [-0.39, 0.29) is 0 Å². The van der Waals surface area contributed by atoms with Gasteiger partial charge in [0.25, 0.3) is 0 Å². The van der Waals surface area contributed by atoms with Crippen LogP contribution in [-0.4, -0.2) is 55.7 Å². The van der Waals surface area contributed by atoms with Gasteiger partial charge in [0.15, 0.2) is 0 Å². The van der Waals surface area contributed by atoms with Crippen LogP contribution < -0.4 is 15.4 Å². The first-order chi connectivity index (χ1) is 11.7. The van der Waals surface area contributed by atoms with E-state index in [9.17, 15) is 0 Å². The first-order valence-electron chi connectivity index (χ1n) is 8.26. The van der Waals surface area contributed by atoms with Crippen LogP contribution >= 0.6 is 0 Å². The molecule has 0 atom stereocenters. The summed E-state index contributed by atoms with van der Waals surface area (Å²) in [5, 5.41) is 6.60. The summed E-state index contributed by atoms with van der Waals surface area (Å²) in [4.78, 5) is 10.9. The second-order valence-corrected chi connectivity index (χ2v) is 5.84. The maximum Gasteiger partial charge on any atom is 0.224 e. The van der Waals surface area contributed by atoms with Gasteiger partial charge in [-0.25, -0.2) is 4.98 Å². The van der Waals surface area contributed by atoms with Crippen LogP contribution in [0, 0.1) is 0 Å². The Kier molecular flexibility index (Phi) is 7.29. The van der Waals surface area contributed by atoms with Gasteiger partial charge in [0, 0.05) is 19.3 Å². The van der Waals surface area contributed by atoms with Gasteiger partial charge in [-0.15, -0.1) is 0 Å². The lowest BCUT2D eigenvalue weighted by molar-refractivity contribution is 0.405. The van der Waals surface area contributed by atoms with Crippen molar-refractivity contribution in [3.63, 3.8) is 0 Å². The Hall–Kier alpha value is -2.34. The van der Waals surface area contributed by atoms with E-state index in [1.54, 1.807) is 13.3 Å². The lowest BCUT2D eigenvalue weighted by atomic mass is 10.1. The van der Waals surface area contributed by atoms with E-state index < -0.39 is 0 Å². The number of para-hydroxylation sites is 1. The molecule has 0 spiro atoms. The molecule has 0 radical (unpaired) electrons. The van der Waals surface area contributed by atoms with Crippen LogP contribution in [0.15, 0.2) is 36.5 Å². The Bertz CT molecular complexity index is 618. The van der Waals surface area contributed by atoms with Crippen LogP contribution in [0.3, 0.4) is 0 Å². The highest BCUT2D eigenvalue weighted by molar-refractivity contribution is 5.40. The van der Waals surface area contributed by atoms with Crippen molar-refractivity contribution in [3.8, 4) is 5.75 Å². The molecule has 0 fully saturated rings. The van der Waals surface area contributed by atoms with Crippen molar-refractivity contribution >= 4 is 11.8 Å². The Morgan fingerprint density at radius 3 is 2.71 bits per heavy atom. The molecule has 24 heavy (non-hydrogen) atoms. The number of hydrogen-bond acceptors (Lipinski definition) is 6. The topological polar surface area (TPSA) is 62.3 Å². The summed E-state index contributed by atoms with van der Waals surface area (Å²) in [6.07, 6.45) is 3.70. The van der Waals surface area contributed by atoms with Crippen molar-refractivity contribution in [3.05, 3.63) is 42.1 Å². The third kappa shape index (κ3) is 6.04. The number of nitrogens with zero attached hydrogens (tertiary/aromatic N) is 3. The second-order valence-electron chi connectivity index (χ2n) is 5.84. The Morgan fingerprint density at radius 2 is 1.92 bits per heavy atom. The first kappa shape index (κ1) is 18.0. The third-order valence-corrected chi connectivity index (χ3v) is 3.61. The van der Waals surface area contributed by atoms with Gasteiger partial charge in [-0.05, 0) is 51.2 Å². The minimum absolute atomic E-state index is 0.663. The molecule has 0 aliphatic carbocycles. The van der Waals surface area contributed by atoms with Crippen LogP contribution in [0.5, 0.6) is 5.75 Å². The molecule has 1 heterocycles. The summed E-state index contributed by atoms with van der Waals surface area (Å²) >= 11 is 0. The number of benzene rings is 1. The maximum atomic E-state index is 5.37. The lowest BCUT2D eigenvalue weighted by Crippen LogP contribution is -2.17. The summed E-state index contributed by atoms with van der Waals surface area (Å²) in [6, 6.07) is 9.95.